The van der Waals surface area contributed by atoms with Crippen LogP contribution in [0.15, 0.2) is 36.4 Å². The van der Waals surface area contributed by atoms with Gasteiger partial charge in [0.15, 0.2) is 0 Å². The molecule has 0 spiro atoms. The molecule has 0 radical (unpaired) electrons. The number of hydrogen-bond donors (Lipinski definition) is 0. The molecule has 0 aliphatic heterocycles. The Labute approximate surface area is 149 Å². The number of hydrogen-bond acceptors (Lipinski definition) is 3. The van der Waals surface area contributed by atoms with Crippen LogP contribution in [0.25, 0.3) is 0 Å². The zero-order chi connectivity index (χ0) is 18.0. The van der Waals surface area contributed by atoms with E-state index in [1.165, 1.54) is 0 Å². The van der Waals surface area contributed by atoms with Crippen molar-refractivity contribution in [3.05, 3.63) is 58.7 Å². The zero-order valence-corrected chi connectivity index (χ0v) is 15.3. The largest absolute Gasteiger partial charge is 0.497 e. The molecule has 2 aromatic carbocycles. The van der Waals surface area contributed by atoms with Gasteiger partial charge in [-0.1, -0.05) is 17.2 Å². The van der Waals surface area contributed by atoms with Crippen molar-refractivity contribution in [1.82, 2.24) is 4.90 Å². The maximum Gasteiger partial charge on any atom is 0.254 e. The maximum absolute atomic E-state index is 13.1. The first-order valence-electron chi connectivity index (χ1n) is 8.62. The van der Waals surface area contributed by atoms with Gasteiger partial charge in [-0.15, -0.1) is 0 Å². The molecule has 0 N–H and O–H groups in total. The van der Waals surface area contributed by atoms with Gasteiger partial charge in [-0.05, 0) is 51.0 Å². The summed E-state index contributed by atoms with van der Waals surface area (Å²) >= 11 is 0. The lowest BCUT2D eigenvalue weighted by atomic mass is 10.1. The standard InChI is InChI=1S/C21H25NO3/c1-14-9-15(2)11-17(10-14)21(23)22(18-6-7-18)13-16-5-8-19(24-3)12-20(16)25-4/h5,8-12,18H,6-7,13H2,1-4H3. The fraction of sp³-hybridized carbons (Fsp3) is 0.381. The van der Waals surface area contributed by atoms with Gasteiger partial charge in [0.2, 0.25) is 0 Å². The van der Waals surface area contributed by atoms with Crippen LogP contribution < -0.4 is 9.47 Å². The summed E-state index contributed by atoms with van der Waals surface area (Å²) in [5, 5.41) is 0. The van der Waals surface area contributed by atoms with Crippen molar-refractivity contribution in [3.8, 4) is 11.5 Å². The van der Waals surface area contributed by atoms with Crippen LogP contribution in [0.3, 0.4) is 0 Å². The molecule has 1 amide bonds. The second-order valence-corrected chi connectivity index (χ2v) is 6.72. The monoisotopic (exact) mass is 339 g/mol. The van der Waals surface area contributed by atoms with E-state index >= 15 is 0 Å². The highest BCUT2D eigenvalue weighted by molar-refractivity contribution is 5.95. The van der Waals surface area contributed by atoms with Crippen LogP contribution in [0.2, 0.25) is 0 Å². The fourth-order valence-corrected chi connectivity index (χ4v) is 3.18. The van der Waals surface area contributed by atoms with Crippen LogP contribution in [0.5, 0.6) is 11.5 Å². The number of benzene rings is 2. The van der Waals surface area contributed by atoms with E-state index in [0.29, 0.717) is 12.6 Å². The van der Waals surface area contributed by atoms with E-state index in [9.17, 15) is 4.79 Å². The quantitative estimate of drug-likeness (QED) is 0.794. The van der Waals surface area contributed by atoms with Crippen LogP contribution in [0, 0.1) is 13.8 Å². The Balaban J connectivity index is 1.88. The average Bonchev–Trinajstić information content (AvgIpc) is 3.43. The number of nitrogens with zero attached hydrogens (tertiary/aromatic N) is 1. The number of rotatable bonds is 6. The summed E-state index contributed by atoms with van der Waals surface area (Å²) in [7, 11) is 3.28. The highest BCUT2D eigenvalue weighted by Crippen LogP contribution is 2.33. The molecule has 0 unspecified atom stereocenters. The number of ether oxygens (including phenoxy) is 2. The molecule has 1 fully saturated rings. The highest BCUT2D eigenvalue weighted by Gasteiger charge is 2.33. The molecule has 1 aliphatic carbocycles. The van der Waals surface area contributed by atoms with Gasteiger partial charge in [-0.25, -0.2) is 0 Å². The Morgan fingerprint density at radius 3 is 2.28 bits per heavy atom. The van der Waals surface area contributed by atoms with E-state index in [-0.39, 0.29) is 5.91 Å². The third kappa shape index (κ3) is 3.95. The lowest BCUT2D eigenvalue weighted by Gasteiger charge is -2.24. The van der Waals surface area contributed by atoms with Crippen molar-refractivity contribution in [1.29, 1.82) is 0 Å². The summed E-state index contributed by atoms with van der Waals surface area (Å²) in [6.45, 7) is 4.60. The van der Waals surface area contributed by atoms with Gasteiger partial charge in [-0.2, -0.15) is 0 Å². The van der Waals surface area contributed by atoms with Crippen LogP contribution in [0.1, 0.15) is 39.9 Å². The van der Waals surface area contributed by atoms with Crippen LogP contribution in [0.4, 0.5) is 0 Å². The zero-order valence-electron chi connectivity index (χ0n) is 15.3. The van der Waals surface area contributed by atoms with E-state index in [4.69, 9.17) is 9.47 Å². The summed E-state index contributed by atoms with van der Waals surface area (Å²) in [4.78, 5) is 15.1. The fourth-order valence-electron chi connectivity index (χ4n) is 3.18. The third-order valence-electron chi connectivity index (χ3n) is 4.55. The van der Waals surface area contributed by atoms with E-state index < -0.39 is 0 Å². The molecular weight excluding hydrogens is 314 g/mol. The summed E-state index contributed by atoms with van der Waals surface area (Å²) in [5.74, 6) is 1.59. The summed E-state index contributed by atoms with van der Waals surface area (Å²) in [5.41, 5.74) is 3.98. The van der Waals surface area contributed by atoms with Gasteiger partial charge < -0.3 is 14.4 Å². The topological polar surface area (TPSA) is 38.8 Å². The molecule has 1 aliphatic rings. The highest BCUT2D eigenvalue weighted by atomic mass is 16.5. The molecule has 2 aromatic rings. The first-order chi connectivity index (χ1) is 12.0. The third-order valence-corrected chi connectivity index (χ3v) is 4.55. The lowest BCUT2D eigenvalue weighted by molar-refractivity contribution is 0.0728. The van der Waals surface area contributed by atoms with Gasteiger partial charge in [-0.3, -0.25) is 4.79 Å². The minimum Gasteiger partial charge on any atom is -0.497 e. The van der Waals surface area contributed by atoms with E-state index in [0.717, 1.165) is 46.6 Å². The van der Waals surface area contributed by atoms with Crippen LogP contribution >= 0.6 is 0 Å². The Bertz CT molecular complexity index is 760. The van der Waals surface area contributed by atoms with Crippen molar-refractivity contribution >= 4 is 5.91 Å². The molecule has 1 saturated carbocycles. The predicted octanol–water partition coefficient (Wildman–Crippen LogP) is 4.13. The molecule has 0 aromatic heterocycles. The van der Waals surface area contributed by atoms with E-state index in [1.54, 1.807) is 14.2 Å². The van der Waals surface area contributed by atoms with Gasteiger partial charge in [0.1, 0.15) is 11.5 Å². The van der Waals surface area contributed by atoms with Gasteiger partial charge in [0, 0.05) is 29.8 Å². The second kappa shape index (κ2) is 7.18. The van der Waals surface area contributed by atoms with Crippen LogP contribution in [-0.2, 0) is 6.54 Å². The summed E-state index contributed by atoms with van der Waals surface area (Å²) in [6, 6.07) is 12.1. The minimum atomic E-state index is 0.0900. The first-order valence-corrected chi connectivity index (χ1v) is 8.62. The molecule has 0 bridgehead atoms. The molecule has 0 heterocycles. The lowest BCUT2D eigenvalue weighted by Crippen LogP contribution is -2.32. The number of aryl methyl sites for hydroxylation is 2. The number of carbonyl (C=O) groups is 1. The molecule has 25 heavy (non-hydrogen) atoms. The number of carbonyl (C=O) groups excluding carboxylic acids is 1. The molecule has 132 valence electrons. The molecule has 4 heteroatoms. The summed E-state index contributed by atoms with van der Waals surface area (Å²) in [6.07, 6.45) is 2.13. The van der Waals surface area contributed by atoms with Gasteiger partial charge in [0.25, 0.3) is 5.91 Å². The SMILES string of the molecule is COc1ccc(CN(C(=O)c2cc(C)cc(C)c2)C2CC2)c(OC)c1. The smallest absolute Gasteiger partial charge is 0.254 e. The average molecular weight is 339 g/mol. The van der Waals surface area contributed by atoms with Gasteiger partial charge >= 0.3 is 0 Å². The molecular formula is C21H25NO3. The Morgan fingerprint density at radius 1 is 1.04 bits per heavy atom. The Kier molecular flexibility index (Phi) is 4.98. The normalized spacial score (nSPS) is 13.4. The Hall–Kier alpha value is -2.49. The van der Waals surface area contributed by atoms with Crippen molar-refractivity contribution < 1.29 is 14.3 Å². The molecule has 4 nitrogen and oxygen atoms in total. The molecule has 3 rings (SSSR count). The van der Waals surface area contributed by atoms with Gasteiger partial charge in [0.05, 0.1) is 14.2 Å². The maximum atomic E-state index is 13.1. The van der Waals surface area contributed by atoms with Crippen molar-refractivity contribution in [3.63, 3.8) is 0 Å². The van der Waals surface area contributed by atoms with E-state index in [1.807, 2.05) is 49.1 Å². The van der Waals surface area contributed by atoms with Crippen molar-refractivity contribution in [2.75, 3.05) is 14.2 Å². The summed E-state index contributed by atoms with van der Waals surface area (Å²) < 4.78 is 10.8. The Morgan fingerprint density at radius 2 is 1.72 bits per heavy atom. The molecule has 0 atom stereocenters. The predicted molar refractivity (Wildman–Crippen MR) is 98.4 cm³/mol. The van der Waals surface area contributed by atoms with Crippen molar-refractivity contribution in [2.45, 2.75) is 39.3 Å². The number of amides is 1. The minimum absolute atomic E-state index is 0.0900. The first kappa shape index (κ1) is 17.3. The second-order valence-electron chi connectivity index (χ2n) is 6.72. The molecule has 0 saturated heterocycles. The van der Waals surface area contributed by atoms with Crippen molar-refractivity contribution in [2.24, 2.45) is 0 Å². The number of methoxy groups -OCH3 is 2. The van der Waals surface area contributed by atoms with Crippen LogP contribution in [-0.4, -0.2) is 31.1 Å². The van der Waals surface area contributed by atoms with E-state index in [2.05, 4.69) is 6.07 Å².